The molecule has 8 heteroatoms. The largest absolute Gasteiger partial charge is 0.349 e. The van der Waals surface area contributed by atoms with Crippen LogP contribution >= 0.6 is 0 Å². The van der Waals surface area contributed by atoms with Crippen molar-refractivity contribution >= 4 is 17.8 Å². The maximum absolute atomic E-state index is 12.0. The summed E-state index contributed by atoms with van der Waals surface area (Å²) in [5, 5.41) is 11.9. The number of carbonyl (C=O) groups is 3. The van der Waals surface area contributed by atoms with Crippen molar-refractivity contribution in [2.24, 2.45) is 7.05 Å². The van der Waals surface area contributed by atoms with E-state index in [0.29, 0.717) is 0 Å². The molecule has 8 nitrogen and oxygen atoms in total. The molecular formula is C14H21N5O3. The van der Waals surface area contributed by atoms with Gasteiger partial charge in [0.05, 0.1) is 11.7 Å². The summed E-state index contributed by atoms with van der Waals surface area (Å²) in [7, 11) is 1.86. The van der Waals surface area contributed by atoms with Crippen LogP contribution in [0.25, 0.3) is 0 Å². The van der Waals surface area contributed by atoms with Crippen LogP contribution < -0.4 is 16.0 Å². The number of carbonyl (C=O) groups excluding carboxylic acids is 3. The van der Waals surface area contributed by atoms with Crippen LogP contribution in [0.4, 0.5) is 4.79 Å². The van der Waals surface area contributed by atoms with Gasteiger partial charge in [0.25, 0.3) is 5.91 Å². The van der Waals surface area contributed by atoms with Gasteiger partial charge in [0.2, 0.25) is 5.91 Å². The molecule has 120 valence electrons. The van der Waals surface area contributed by atoms with Gasteiger partial charge < -0.3 is 10.6 Å². The average molecular weight is 307 g/mol. The number of hydrogen-bond acceptors (Lipinski definition) is 4. The topological polar surface area (TPSA) is 105 Å². The first-order valence-corrected chi connectivity index (χ1v) is 7.20. The Morgan fingerprint density at radius 1 is 1.41 bits per heavy atom. The average Bonchev–Trinajstić information content (AvgIpc) is 2.86. The number of imide groups is 1. The summed E-state index contributed by atoms with van der Waals surface area (Å²) in [6.07, 6.45) is 0.447. The van der Waals surface area contributed by atoms with E-state index >= 15 is 0 Å². The molecule has 2 heterocycles. The van der Waals surface area contributed by atoms with Crippen LogP contribution in [0.3, 0.4) is 0 Å². The molecular weight excluding hydrogens is 286 g/mol. The molecule has 0 bridgehead atoms. The van der Waals surface area contributed by atoms with Gasteiger partial charge in [0, 0.05) is 24.7 Å². The van der Waals surface area contributed by atoms with Crippen LogP contribution in [0, 0.1) is 13.8 Å². The first kappa shape index (κ1) is 16.0. The number of aryl methyl sites for hydroxylation is 2. The molecule has 22 heavy (non-hydrogen) atoms. The maximum atomic E-state index is 12.0. The highest BCUT2D eigenvalue weighted by Crippen LogP contribution is 2.20. The number of rotatable bonds is 5. The van der Waals surface area contributed by atoms with E-state index in [1.165, 1.54) is 0 Å². The molecule has 3 N–H and O–H groups in total. The highest BCUT2D eigenvalue weighted by molar-refractivity contribution is 6.04. The predicted octanol–water partition coefficient (Wildman–Crippen LogP) is 0.202. The number of aromatic nitrogens is 2. The second kappa shape index (κ2) is 6.17. The third kappa shape index (κ3) is 3.26. The van der Waals surface area contributed by atoms with Crippen molar-refractivity contribution in [2.75, 3.05) is 0 Å². The van der Waals surface area contributed by atoms with Crippen LogP contribution in [0.5, 0.6) is 0 Å². The minimum atomic E-state index is -0.629. The van der Waals surface area contributed by atoms with Crippen molar-refractivity contribution in [1.82, 2.24) is 25.7 Å². The zero-order valence-corrected chi connectivity index (χ0v) is 13.2. The summed E-state index contributed by atoms with van der Waals surface area (Å²) in [6, 6.07) is -1.30. The van der Waals surface area contributed by atoms with Crippen LogP contribution in [0.1, 0.15) is 42.8 Å². The lowest BCUT2D eigenvalue weighted by Gasteiger charge is -2.15. The quantitative estimate of drug-likeness (QED) is 0.676. The fourth-order valence-corrected chi connectivity index (χ4v) is 2.74. The third-order valence-electron chi connectivity index (χ3n) is 3.89. The molecule has 1 aromatic rings. The molecule has 0 saturated carbocycles. The van der Waals surface area contributed by atoms with Gasteiger partial charge in [-0.3, -0.25) is 19.6 Å². The van der Waals surface area contributed by atoms with Crippen molar-refractivity contribution in [3.63, 3.8) is 0 Å². The second-order valence-corrected chi connectivity index (χ2v) is 5.55. The summed E-state index contributed by atoms with van der Waals surface area (Å²) < 4.78 is 1.78. The van der Waals surface area contributed by atoms with Gasteiger partial charge in [0.15, 0.2) is 0 Å². The van der Waals surface area contributed by atoms with Gasteiger partial charge in [-0.2, -0.15) is 5.10 Å². The number of hydrogen-bond donors (Lipinski definition) is 3. The Morgan fingerprint density at radius 3 is 2.59 bits per heavy atom. The molecule has 4 amide bonds. The first-order valence-electron chi connectivity index (χ1n) is 7.20. The van der Waals surface area contributed by atoms with Crippen molar-refractivity contribution in [1.29, 1.82) is 0 Å². The van der Waals surface area contributed by atoms with Crippen LogP contribution in [-0.2, 0) is 16.6 Å². The molecule has 2 rings (SSSR count). The Balaban J connectivity index is 1.89. The lowest BCUT2D eigenvalue weighted by molar-refractivity contribution is -0.122. The molecule has 2 atom stereocenters. The molecule has 0 aromatic carbocycles. The Morgan fingerprint density at radius 2 is 2.09 bits per heavy atom. The molecule has 0 radical (unpaired) electrons. The molecule has 1 aliphatic heterocycles. The smallest absolute Gasteiger partial charge is 0.322 e. The van der Waals surface area contributed by atoms with Gasteiger partial charge in [-0.15, -0.1) is 0 Å². The predicted molar refractivity (Wildman–Crippen MR) is 78.9 cm³/mol. The Labute approximate surface area is 128 Å². The van der Waals surface area contributed by atoms with Crippen molar-refractivity contribution < 1.29 is 14.4 Å². The molecule has 1 saturated heterocycles. The standard InChI is InChI=1S/C14H21N5O3/c1-7(12-8(2)18-19(4)9(12)3)15-11(20)6-5-10-13(21)17-14(22)16-10/h7,10H,5-6H2,1-4H3,(H,15,20)(H2,16,17,21,22)/t7-,10-/m0/s1. The van der Waals surface area contributed by atoms with E-state index in [-0.39, 0.29) is 30.7 Å². The minimum absolute atomic E-state index is 0.159. The van der Waals surface area contributed by atoms with E-state index < -0.39 is 12.1 Å². The SMILES string of the molecule is Cc1nn(C)c(C)c1[C@H](C)NC(=O)CC[C@@H]1NC(=O)NC1=O. The van der Waals surface area contributed by atoms with Crippen molar-refractivity contribution in [3.05, 3.63) is 17.0 Å². The Kier molecular flexibility index (Phi) is 4.48. The molecule has 1 aromatic heterocycles. The van der Waals surface area contributed by atoms with Gasteiger partial charge in [0.1, 0.15) is 6.04 Å². The number of nitrogens with one attached hydrogen (secondary N) is 3. The van der Waals surface area contributed by atoms with Gasteiger partial charge in [-0.05, 0) is 27.2 Å². The van der Waals surface area contributed by atoms with Gasteiger partial charge in [-0.25, -0.2) is 4.79 Å². The normalized spacial score (nSPS) is 18.8. The minimum Gasteiger partial charge on any atom is -0.349 e. The van der Waals surface area contributed by atoms with Crippen LogP contribution in [-0.4, -0.2) is 33.7 Å². The van der Waals surface area contributed by atoms with E-state index in [4.69, 9.17) is 0 Å². The summed E-state index contributed by atoms with van der Waals surface area (Å²) in [4.78, 5) is 34.4. The molecule has 1 fully saturated rings. The molecule has 0 aliphatic carbocycles. The highest BCUT2D eigenvalue weighted by Gasteiger charge is 2.29. The Bertz CT molecular complexity index is 622. The lowest BCUT2D eigenvalue weighted by Crippen LogP contribution is -2.32. The first-order chi connectivity index (χ1) is 10.3. The fraction of sp³-hybridized carbons (Fsp3) is 0.571. The van der Waals surface area contributed by atoms with Crippen molar-refractivity contribution in [3.8, 4) is 0 Å². The summed E-state index contributed by atoms with van der Waals surface area (Å²) >= 11 is 0. The monoisotopic (exact) mass is 307 g/mol. The number of amides is 4. The van der Waals surface area contributed by atoms with E-state index in [0.717, 1.165) is 17.0 Å². The van der Waals surface area contributed by atoms with Crippen LogP contribution in [0.2, 0.25) is 0 Å². The highest BCUT2D eigenvalue weighted by atomic mass is 16.2. The zero-order valence-electron chi connectivity index (χ0n) is 13.2. The number of urea groups is 1. The van der Waals surface area contributed by atoms with E-state index in [2.05, 4.69) is 21.0 Å². The fourth-order valence-electron chi connectivity index (χ4n) is 2.74. The second-order valence-electron chi connectivity index (χ2n) is 5.55. The van der Waals surface area contributed by atoms with Gasteiger partial charge in [-0.1, -0.05) is 0 Å². The maximum Gasteiger partial charge on any atom is 0.322 e. The van der Waals surface area contributed by atoms with Crippen molar-refractivity contribution in [2.45, 2.75) is 45.7 Å². The van der Waals surface area contributed by atoms with Gasteiger partial charge >= 0.3 is 6.03 Å². The molecule has 0 spiro atoms. The van der Waals surface area contributed by atoms with E-state index in [9.17, 15) is 14.4 Å². The van der Waals surface area contributed by atoms with Crippen LogP contribution in [0.15, 0.2) is 0 Å². The number of nitrogens with zero attached hydrogens (tertiary/aromatic N) is 2. The zero-order chi connectivity index (χ0) is 16.4. The Hall–Kier alpha value is -2.38. The summed E-state index contributed by atoms with van der Waals surface area (Å²) in [5.74, 6) is -0.547. The van der Waals surface area contributed by atoms with E-state index in [1.54, 1.807) is 4.68 Å². The molecule has 1 aliphatic rings. The van der Waals surface area contributed by atoms with E-state index in [1.807, 2.05) is 27.8 Å². The molecule has 0 unspecified atom stereocenters. The third-order valence-corrected chi connectivity index (χ3v) is 3.89. The summed E-state index contributed by atoms with van der Waals surface area (Å²) in [6.45, 7) is 5.76. The lowest BCUT2D eigenvalue weighted by atomic mass is 10.1. The summed E-state index contributed by atoms with van der Waals surface area (Å²) in [5.41, 5.74) is 2.89.